The van der Waals surface area contributed by atoms with E-state index in [1.807, 2.05) is 49.4 Å². The van der Waals surface area contributed by atoms with Crippen molar-refractivity contribution >= 4 is 29.3 Å². The van der Waals surface area contributed by atoms with Crippen LogP contribution in [0.15, 0.2) is 59.8 Å². The van der Waals surface area contributed by atoms with E-state index in [-0.39, 0.29) is 11.2 Å². The Hall–Kier alpha value is -2.31. The number of amides is 1. The topological polar surface area (TPSA) is 59.8 Å². The van der Waals surface area contributed by atoms with Crippen molar-refractivity contribution in [1.82, 2.24) is 20.1 Å². The largest absolute Gasteiger partial charge is 0.351 e. The van der Waals surface area contributed by atoms with Crippen molar-refractivity contribution in [3.63, 3.8) is 0 Å². The van der Waals surface area contributed by atoms with Crippen molar-refractivity contribution < 1.29 is 4.79 Å². The van der Waals surface area contributed by atoms with Gasteiger partial charge in [-0.05, 0) is 43.0 Å². The molecular weight excluding hydrogens is 404 g/mol. The molecule has 1 aliphatic carbocycles. The van der Waals surface area contributed by atoms with Crippen LogP contribution in [0.4, 0.5) is 0 Å². The highest BCUT2D eigenvalue weighted by molar-refractivity contribution is 8.00. The van der Waals surface area contributed by atoms with Crippen LogP contribution in [0.3, 0.4) is 0 Å². The van der Waals surface area contributed by atoms with Gasteiger partial charge in [-0.2, -0.15) is 0 Å². The molecule has 29 heavy (non-hydrogen) atoms. The summed E-state index contributed by atoms with van der Waals surface area (Å²) in [5, 5.41) is 13.0. The lowest BCUT2D eigenvalue weighted by atomic mass is 10.2. The van der Waals surface area contributed by atoms with Crippen LogP contribution in [-0.2, 0) is 17.9 Å². The van der Waals surface area contributed by atoms with E-state index in [0.29, 0.717) is 17.5 Å². The number of halogens is 1. The average Bonchev–Trinajstić information content (AvgIpc) is 3.51. The molecule has 7 heteroatoms. The van der Waals surface area contributed by atoms with Gasteiger partial charge < -0.3 is 9.88 Å². The maximum atomic E-state index is 12.6. The van der Waals surface area contributed by atoms with E-state index in [2.05, 4.69) is 32.2 Å². The second kappa shape index (κ2) is 9.01. The van der Waals surface area contributed by atoms with Gasteiger partial charge in [0.15, 0.2) is 5.16 Å². The van der Waals surface area contributed by atoms with Gasteiger partial charge in [0, 0.05) is 17.5 Å². The van der Waals surface area contributed by atoms with Gasteiger partial charge >= 0.3 is 0 Å². The average molecular weight is 427 g/mol. The SMILES string of the molecule is CC(Sc1nnc(C2CC2)n1Cc1ccccc1)C(=O)NCc1ccc(Cl)cc1. The molecule has 3 aromatic rings. The van der Waals surface area contributed by atoms with Gasteiger partial charge in [-0.1, -0.05) is 65.8 Å². The van der Waals surface area contributed by atoms with Gasteiger partial charge in [0.1, 0.15) is 5.82 Å². The molecule has 0 spiro atoms. The third kappa shape index (κ3) is 5.19. The first-order valence-corrected chi connectivity index (χ1v) is 11.0. The van der Waals surface area contributed by atoms with E-state index < -0.39 is 0 Å². The van der Waals surface area contributed by atoms with Crippen LogP contribution in [0.1, 0.15) is 42.6 Å². The number of carbonyl (C=O) groups is 1. The third-order valence-electron chi connectivity index (χ3n) is 4.90. The minimum Gasteiger partial charge on any atom is -0.351 e. The molecular formula is C22H23ClN4OS. The van der Waals surface area contributed by atoms with Crippen molar-refractivity contribution in [2.24, 2.45) is 0 Å². The fourth-order valence-electron chi connectivity index (χ4n) is 3.09. The zero-order valence-electron chi connectivity index (χ0n) is 16.2. The quantitative estimate of drug-likeness (QED) is 0.532. The zero-order valence-corrected chi connectivity index (χ0v) is 17.8. The number of hydrogen-bond acceptors (Lipinski definition) is 4. The van der Waals surface area contributed by atoms with Crippen LogP contribution in [-0.4, -0.2) is 25.9 Å². The Morgan fingerprint density at radius 2 is 1.86 bits per heavy atom. The minimum absolute atomic E-state index is 0.0211. The molecule has 1 atom stereocenters. The maximum absolute atomic E-state index is 12.6. The van der Waals surface area contributed by atoms with E-state index in [4.69, 9.17) is 11.6 Å². The normalized spacial score (nSPS) is 14.6. The highest BCUT2D eigenvalue weighted by atomic mass is 35.5. The summed E-state index contributed by atoms with van der Waals surface area (Å²) in [7, 11) is 0. The minimum atomic E-state index is -0.270. The summed E-state index contributed by atoms with van der Waals surface area (Å²) in [5.41, 5.74) is 2.22. The Kier molecular flexibility index (Phi) is 6.21. The molecule has 1 aromatic heterocycles. The van der Waals surface area contributed by atoms with Gasteiger partial charge in [-0.25, -0.2) is 0 Å². The molecule has 5 nitrogen and oxygen atoms in total. The smallest absolute Gasteiger partial charge is 0.233 e. The number of rotatable bonds is 8. The van der Waals surface area contributed by atoms with Crippen LogP contribution in [0.25, 0.3) is 0 Å². The monoisotopic (exact) mass is 426 g/mol. The summed E-state index contributed by atoms with van der Waals surface area (Å²) >= 11 is 7.37. The van der Waals surface area contributed by atoms with Crippen molar-refractivity contribution in [2.45, 2.75) is 49.2 Å². The number of nitrogens with one attached hydrogen (secondary N) is 1. The predicted octanol–water partition coefficient (Wildman–Crippen LogP) is 4.65. The van der Waals surface area contributed by atoms with E-state index in [9.17, 15) is 4.79 Å². The van der Waals surface area contributed by atoms with Crippen LogP contribution < -0.4 is 5.32 Å². The number of nitrogens with zero attached hydrogens (tertiary/aromatic N) is 3. The first-order valence-electron chi connectivity index (χ1n) is 9.76. The predicted molar refractivity (Wildman–Crippen MR) is 116 cm³/mol. The second-order valence-electron chi connectivity index (χ2n) is 7.29. The van der Waals surface area contributed by atoms with Crippen molar-refractivity contribution in [3.8, 4) is 0 Å². The van der Waals surface area contributed by atoms with E-state index >= 15 is 0 Å². The Labute approximate surface area is 179 Å². The molecule has 2 aromatic carbocycles. The van der Waals surface area contributed by atoms with Gasteiger partial charge in [0.2, 0.25) is 5.91 Å². The second-order valence-corrected chi connectivity index (χ2v) is 9.04. The first-order chi connectivity index (χ1) is 14.1. The zero-order chi connectivity index (χ0) is 20.2. The highest BCUT2D eigenvalue weighted by Crippen LogP contribution is 2.40. The Balaban J connectivity index is 1.42. The van der Waals surface area contributed by atoms with Crippen LogP contribution >= 0.6 is 23.4 Å². The summed E-state index contributed by atoms with van der Waals surface area (Å²) in [4.78, 5) is 12.6. The maximum Gasteiger partial charge on any atom is 0.233 e. The molecule has 0 radical (unpaired) electrons. The summed E-state index contributed by atoms with van der Waals surface area (Å²) in [6, 6.07) is 17.8. The van der Waals surface area contributed by atoms with Crippen LogP contribution in [0, 0.1) is 0 Å². The lowest BCUT2D eigenvalue weighted by Crippen LogP contribution is -2.30. The standard InChI is InChI=1S/C22H23ClN4OS/c1-15(21(28)24-13-16-7-11-19(23)12-8-16)29-22-26-25-20(18-9-10-18)27(22)14-17-5-3-2-4-6-17/h2-8,11-12,15,18H,9-10,13-14H2,1H3,(H,24,28). The summed E-state index contributed by atoms with van der Waals surface area (Å²) in [6.07, 6.45) is 2.32. The Bertz CT molecular complexity index is 970. The molecule has 1 heterocycles. The highest BCUT2D eigenvalue weighted by Gasteiger charge is 2.31. The molecule has 1 N–H and O–H groups in total. The third-order valence-corrected chi connectivity index (χ3v) is 6.24. The first kappa shape index (κ1) is 20.0. The lowest BCUT2D eigenvalue weighted by Gasteiger charge is -2.14. The molecule has 0 aliphatic heterocycles. The van der Waals surface area contributed by atoms with Gasteiger partial charge in [0.05, 0.1) is 11.8 Å². The molecule has 4 rings (SSSR count). The Morgan fingerprint density at radius 3 is 2.55 bits per heavy atom. The lowest BCUT2D eigenvalue weighted by molar-refractivity contribution is -0.120. The number of carbonyl (C=O) groups excluding carboxylic acids is 1. The number of hydrogen-bond donors (Lipinski definition) is 1. The number of thioether (sulfide) groups is 1. The Morgan fingerprint density at radius 1 is 1.14 bits per heavy atom. The molecule has 0 saturated heterocycles. The van der Waals surface area contributed by atoms with Crippen molar-refractivity contribution in [2.75, 3.05) is 0 Å². The molecule has 1 fully saturated rings. The molecule has 0 bridgehead atoms. The van der Waals surface area contributed by atoms with Crippen molar-refractivity contribution in [1.29, 1.82) is 0 Å². The molecule has 150 valence electrons. The summed E-state index contributed by atoms with van der Waals surface area (Å²) in [5.74, 6) is 1.51. The van der Waals surface area contributed by atoms with E-state index in [0.717, 1.165) is 35.9 Å². The number of aromatic nitrogens is 3. The van der Waals surface area contributed by atoms with Gasteiger partial charge in [-0.15, -0.1) is 10.2 Å². The van der Waals surface area contributed by atoms with E-state index in [1.54, 1.807) is 0 Å². The van der Waals surface area contributed by atoms with Gasteiger partial charge in [-0.3, -0.25) is 4.79 Å². The van der Waals surface area contributed by atoms with E-state index in [1.165, 1.54) is 17.3 Å². The molecule has 1 amide bonds. The molecule has 1 aliphatic rings. The molecule has 1 saturated carbocycles. The van der Waals surface area contributed by atoms with Gasteiger partial charge in [0.25, 0.3) is 0 Å². The summed E-state index contributed by atoms with van der Waals surface area (Å²) in [6.45, 7) is 3.10. The fourth-order valence-corrected chi connectivity index (χ4v) is 4.10. The fraction of sp³-hybridized carbons (Fsp3) is 0.318. The van der Waals surface area contributed by atoms with Crippen LogP contribution in [0.5, 0.6) is 0 Å². The van der Waals surface area contributed by atoms with Crippen LogP contribution in [0.2, 0.25) is 5.02 Å². The summed E-state index contributed by atoms with van der Waals surface area (Å²) < 4.78 is 2.17. The number of benzene rings is 2. The van der Waals surface area contributed by atoms with Crippen molar-refractivity contribution in [3.05, 3.63) is 76.6 Å². The molecule has 1 unspecified atom stereocenters.